The Hall–Kier alpha value is -7.69. The summed E-state index contributed by atoms with van der Waals surface area (Å²) in [6.07, 6.45) is 4.10. The molecular weight excluding hydrogens is 970 g/mol. The molecule has 2 aromatic heterocycles. The highest BCUT2D eigenvalue weighted by molar-refractivity contribution is 7.02. The first kappa shape index (κ1) is 49.4. The first-order chi connectivity index (χ1) is 38.5. The van der Waals surface area contributed by atoms with Crippen LogP contribution in [0.25, 0.3) is 77.2 Å². The number of fused-ring (bicyclic) bond motifs is 16. The lowest BCUT2D eigenvalue weighted by molar-refractivity contribution is 0.472. The fourth-order valence-corrected chi connectivity index (χ4v) is 14.1. The maximum absolute atomic E-state index is 7.98. The molecule has 0 aliphatic carbocycles. The highest BCUT2D eigenvalue weighted by Crippen LogP contribution is 2.51. The van der Waals surface area contributed by atoms with Crippen LogP contribution in [0.5, 0.6) is 23.0 Å². The van der Waals surface area contributed by atoms with Gasteiger partial charge in [0.05, 0.1) is 22.4 Å². The maximum Gasteiger partial charge on any atom is 0.256 e. The summed E-state index contributed by atoms with van der Waals surface area (Å²) in [6, 6.07) is 60.6. The number of benzene rings is 9. The zero-order chi connectivity index (χ0) is 55.1. The van der Waals surface area contributed by atoms with Gasteiger partial charge in [0.2, 0.25) is 0 Å². The van der Waals surface area contributed by atoms with Gasteiger partial charge < -0.3 is 18.6 Å². The number of hydrogen-bond donors (Lipinski definition) is 0. The van der Waals surface area contributed by atoms with Crippen molar-refractivity contribution in [2.24, 2.45) is 0 Å². The van der Waals surface area contributed by atoms with Crippen molar-refractivity contribution < 1.29 is 9.47 Å². The maximum atomic E-state index is 7.98. The molecule has 6 heterocycles. The third kappa shape index (κ3) is 6.71. The Labute approximate surface area is 472 Å². The van der Waals surface area contributed by atoms with Crippen LogP contribution in [0.2, 0.25) is 0 Å². The van der Waals surface area contributed by atoms with E-state index >= 15 is 0 Å². The average molecular weight is 1040 g/mol. The summed E-state index contributed by atoms with van der Waals surface area (Å²) in [6.45, 7) is 28.2. The van der Waals surface area contributed by atoms with Gasteiger partial charge in [-0.2, -0.15) is 0 Å². The van der Waals surface area contributed by atoms with Crippen LogP contribution in [0.4, 0.5) is 0 Å². The van der Waals surface area contributed by atoms with Gasteiger partial charge in [-0.1, -0.05) is 192 Å². The molecule has 9 aromatic carbocycles. The number of ether oxygens (including phenoxy) is 2. The molecule has 0 N–H and O–H groups in total. The molecule has 0 radical (unpaired) electrons. The molecular formula is C74H70B2N2O2. The largest absolute Gasteiger partial charge is 0.456 e. The number of nitrogens with zero attached hydrogens (tertiary/aromatic N) is 2. The Balaban J connectivity index is 1.16. The van der Waals surface area contributed by atoms with Crippen LogP contribution in [0.1, 0.15) is 131 Å². The molecule has 0 atom stereocenters. The third-order valence-electron chi connectivity index (χ3n) is 20.8. The van der Waals surface area contributed by atoms with E-state index in [1.807, 2.05) is 0 Å². The van der Waals surface area contributed by atoms with Crippen LogP contribution in [-0.4, -0.2) is 22.6 Å². The molecule has 4 aliphatic rings. The summed E-state index contributed by atoms with van der Waals surface area (Å²) in [5.41, 5.74) is 24.3. The van der Waals surface area contributed by atoms with Crippen molar-refractivity contribution in [2.45, 2.75) is 130 Å². The van der Waals surface area contributed by atoms with Gasteiger partial charge in [-0.05, 0) is 162 Å². The Bertz CT molecular complexity index is 4190. The quantitative estimate of drug-likeness (QED) is 0.128. The molecule has 80 heavy (non-hydrogen) atoms. The fraction of sp³-hybridized carbons (Fsp3) is 0.270. The lowest BCUT2D eigenvalue weighted by Gasteiger charge is -2.41. The average Bonchev–Trinajstić information content (AvgIpc) is 1.63. The van der Waals surface area contributed by atoms with Gasteiger partial charge >= 0.3 is 0 Å². The highest BCUT2D eigenvalue weighted by Gasteiger charge is 2.51. The van der Waals surface area contributed by atoms with Gasteiger partial charge in [-0.3, -0.25) is 0 Å². The fourth-order valence-electron chi connectivity index (χ4n) is 14.1. The molecule has 0 amide bonds. The van der Waals surface area contributed by atoms with Gasteiger partial charge in [0, 0.05) is 43.5 Å². The van der Waals surface area contributed by atoms with E-state index in [1.165, 1.54) is 110 Å². The lowest BCUT2D eigenvalue weighted by Crippen LogP contribution is -2.63. The van der Waals surface area contributed by atoms with Crippen LogP contribution in [-0.2, 0) is 21.7 Å². The van der Waals surface area contributed by atoms with Crippen molar-refractivity contribution in [1.82, 2.24) is 9.13 Å². The molecule has 4 aliphatic heterocycles. The normalized spacial score (nSPS) is 14.1. The van der Waals surface area contributed by atoms with Crippen LogP contribution in [0.3, 0.4) is 0 Å². The minimum Gasteiger partial charge on any atom is -0.456 e. The van der Waals surface area contributed by atoms with Gasteiger partial charge in [-0.15, -0.1) is 0 Å². The van der Waals surface area contributed by atoms with Crippen molar-refractivity contribution in [3.05, 3.63) is 180 Å². The number of rotatable bonds is 10. The van der Waals surface area contributed by atoms with E-state index in [0.29, 0.717) is 0 Å². The summed E-state index contributed by atoms with van der Waals surface area (Å²) in [5, 5.41) is 5.17. The van der Waals surface area contributed by atoms with Crippen molar-refractivity contribution in [1.29, 1.82) is 0 Å². The summed E-state index contributed by atoms with van der Waals surface area (Å²) in [5.74, 6) is 3.65. The van der Waals surface area contributed by atoms with Crippen molar-refractivity contribution in [3.8, 4) is 56.6 Å². The van der Waals surface area contributed by atoms with E-state index < -0.39 is 0 Å². The predicted molar refractivity (Wildman–Crippen MR) is 342 cm³/mol. The molecule has 0 fully saturated rings. The lowest BCUT2D eigenvalue weighted by atomic mass is 9.31. The first-order valence-corrected chi connectivity index (χ1v) is 29.7. The Morgan fingerprint density at radius 3 is 1.09 bits per heavy atom. The minimum atomic E-state index is -0.170. The zero-order valence-corrected chi connectivity index (χ0v) is 48.7. The van der Waals surface area contributed by atoms with E-state index in [0.717, 1.165) is 71.2 Å². The van der Waals surface area contributed by atoms with Gasteiger partial charge in [0.15, 0.2) is 0 Å². The zero-order valence-electron chi connectivity index (χ0n) is 48.7. The first-order valence-electron chi connectivity index (χ1n) is 29.7. The standard InChI is InChI=1S/C74H70B2N2O2/c1-13-71(5,6)47-29-33-59-51(37-47)53-39-49(73(9,10)15-3)41-57-65(53)77(59)67-63-70(80-61-35-45(27-31-55(61)75(57)63)43-23-19-17-20-24-43)68-64-69(67)79-62-36-46(44-25-21-18-22-26-44)28-32-56(62)76(64)58-42-50(74(11,12)16-4)40-54-52-38-48(72(7,8)14-2)30-34-60(52)78(68)66(54)58/h17-42H,13-16H2,1-12H3. The van der Waals surface area contributed by atoms with Crippen molar-refractivity contribution >= 4 is 89.8 Å². The number of aromatic nitrogens is 2. The summed E-state index contributed by atoms with van der Waals surface area (Å²) >= 11 is 0. The monoisotopic (exact) mass is 1040 g/mol. The molecule has 4 nitrogen and oxygen atoms in total. The SMILES string of the molecule is CCC(C)(C)c1ccc2c(c1)c1cc(C(C)(C)CC)cc3c1n2-c1c2c4c(c5c1B3c1ccc(-c3ccccc3)cc1O5)-n1c3ccc(C(C)(C)CC)cc3c3cc(C(C)(C)CC)cc(c31)B4c1ccc(-c3ccccc3)cc1O2. The molecule has 6 heteroatoms. The second-order valence-electron chi connectivity index (χ2n) is 26.5. The second kappa shape index (κ2) is 16.9. The van der Waals surface area contributed by atoms with Crippen LogP contribution >= 0.6 is 0 Å². The van der Waals surface area contributed by atoms with E-state index in [-0.39, 0.29) is 35.1 Å². The summed E-state index contributed by atoms with van der Waals surface area (Å²) in [4.78, 5) is 0. The second-order valence-corrected chi connectivity index (χ2v) is 26.5. The smallest absolute Gasteiger partial charge is 0.256 e. The van der Waals surface area contributed by atoms with E-state index in [9.17, 15) is 0 Å². The highest BCUT2D eigenvalue weighted by atomic mass is 16.5. The molecule has 15 rings (SSSR count). The van der Waals surface area contributed by atoms with Crippen LogP contribution in [0, 0.1) is 0 Å². The minimum absolute atomic E-state index is 0.0101. The van der Waals surface area contributed by atoms with E-state index in [2.05, 4.69) is 250 Å². The summed E-state index contributed by atoms with van der Waals surface area (Å²) < 4.78 is 21.2. The molecule has 0 saturated carbocycles. The Kier molecular flexibility index (Phi) is 10.4. The molecule has 0 bridgehead atoms. The van der Waals surface area contributed by atoms with E-state index in [1.54, 1.807) is 0 Å². The summed E-state index contributed by atoms with van der Waals surface area (Å²) in [7, 11) is 0. The molecule has 11 aromatic rings. The van der Waals surface area contributed by atoms with Gasteiger partial charge in [-0.25, -0.2) is 0 Å². The van der Waals surface area contributed by atoms with E-state index in [4.69, 9.17) is 9.47 Å². The van der Waals surface area contributed by atoms with Crippen molar-refractivity contribution in [3.63, 3.8) is 0 Å². The molecule has 0 saturated heterocycles. The van der Waals surface area contributed by atoms with Crippen LogP contribution in [0.15, 0.2) is 158 Å². The molecule has 394 valence electrons. The number of hydrogen-bond acceptors (Lipinski definition) is 2. The van der Waals surface area contributed by atoms with Gasteiger partial charge in [0.25, 0.3) is 13.4 Å². The molecule has 0 unspecified atom stereocenters. The van der Waals surface area contributed by atoms with Crippen molar-refractivity contribution in [2.75, 3.05) is 0 Å². The van der Waals surface area contributed by atoms with Crippen LogP contribution < -0.4 is 42.3 Å². The molecule has 0 spiro atoms. The Morgan fingerprint density at radius 1 is 0.350 bits per heavy atom. The predicted octanol–water partition coefficient (Wildman–Crippen LogP) is 15.8. The topological polar surface area (TPSA) is 28.3 Å². The third-order valence-corrected chi connectivity index (χ3v) is 20.8. The Morgan fingerprint density at radius 2 is 0.713 bits per heavy atom. The van der Waals surface area contributed by atoms with Gasteiger partial charge in [0.1, 0.15) is 23.0 Å².